The summed E-state index contributed by atoms with van der Waals surface area (Å²) in [5.41, 5.74) is 1.72. The highest BCUT2D eigenvalue weighted by atomic mass is 35.5. The number of amides is 1. The van der Waals surface area contributed by atoms with Gasteiger partial charge in [0.1, 0.15) is 0 Å². The number of benzene rings is 2. The van der Waals surface area contributed by atoms with Crippen LogP contribution in [0.25, 0.3) is 0 Å². The second kappa shape index (κ2) is 9.36. The van der Waals surface area contributed by atoms with Crippen molar-refractivity contribution in [1.82, 2.24) is 4.90 Å². The molecule has 2 aromatic rings. The van der Waals surface area contributed by atoms with Crippen LogP contribution in [0.3, 0.4) is 0 Å². The zero-order valence-corrected chi connectivity index (χ0v) is 19.4. The summed E-state index contributed by atoms with van der Waals surface area (Å²) in [5.74, 6) is 0.283. The van der Waals surface area contributed by atoms with Crippen LogP contribution in [0.4, 0.5) is 0 Å². The molecular formula is C26H29Cl2NO2. The molecule has 0 bridgehead atoms. The molecule has 2 unspecified atom stereocenters. The van der Waals surface area contributed by atoms with E-state index in [2.05, 4.69) is 24.5 Å². The predicted octanol–water partition coefficient (Wildman–Crippen LogP) is 6.81. The topological polar surface area (TPSA) is 29.5 Å². The zero-order chi connectivity index (χ0) is 22.0. The average Bonchev–Trinajstić information content (AvgIpc) is 2.77. The summed E-state index contributed by atoms with van der Waals surface area (Å²) >= 11 is 12.6. The molecule has 1 amide bonds. The monoisotopic (exact) mass is 457 g/mol. The van der Waals surface area contributed by atoms with Crippen molar-refractivity contribution in [3.8, 4) is 0 Å². The lowest BCUT2D eigenvalue weighted by atomic mass is 9.67. The second-order valence-electron chi connectivity index (χ2n) is 9.00. The van der Waals surface area contributed by atoms with Gasteiger partial charge in [-0.25, -0.2) is 0 Å². The molecule has 2 fully saturated rings. The molecule has 0 saturated carbocycles. The Morgan fingerprint density at radius 3 is 2.58 bits per heavy atom. The van der Waals surface area contributed by atoms with E-state index in [9.17, 15) is 4.79 Å². The van der Waals surface area contributed by atoms with Gasteiger partial charge in [-0.3, -0.25) is 4.79 Å². The normalized spacial score (nSPS) is 29.1. The van der Waals surface area contributed by atoms with E-state index in [0.29, 0.717) is 23.1 Å². The number of carbonyl (C=O) groups is 1. The first-order valence-electron chi connectivity index (χ1n) is 11.0. The molecule has 2 saturated heterocycles. The SMILES string of the molecule is C=CCC1(C)C[C@H](c2cccc(Cl)c2)[C@@H](c2ccc(Cl)cc2)N(C2CCCOC2)C1=O. The Hall–Kier alpha value is -1.81. The molecule has 3 nitrogen and oxygen atoms in total. The summed E-state index contributed by atoms with van der Waals surface area (Å²) in [7, 11) is 0. The molecule has 2 heterocycles. The number of hydrogen-bond acceptors (Lipinski definition) is 2. The number of nitrogens with zero attached hydrogens (tertiary/aromatic N) is 1. The third-order valence-electron chi connectivity index (χ3n) is 6.71. The Morgan fingerprint density at radius 1 is 1.16 bits per heavy atom. The van der Waals surface area contributed by atoms with Gasteiger partial charge in [0.2, 0.25) is 5.91 Å². The van der Waals surface area contributed by atoms with Gasteiger partial charge >= 0.3 is 0 Å². The Kier molecular flexibility index (Phi) is 6.76. The fourth-order valence-electron chi connectivity index (χ4n) is 5.23. The maximum absolute atomic E-state index is 14.0. The minimum absolute atomic E-state index is 0.0491. The molecule has 0 aromatic heterocycles. The van der Waals surface area contributed by atoms with Crippen molar-refractivity contribution in [2.45, 2.75) is 50.6 Å². The summed E-state index contributed by atoms with van der Waals surface area (Å²) in [6.07, 6.45) is 5.14. The number of rotatable bonds is 5. The first-order chi connectivity index (χ1) is 14.9. The molecule has 0 spiro atoms. The van der Waals surface area contributed by atoms with E-state index < -0.39 is 5.41 Å². The summed E-state index contributed by atoms with van der Waals surface area (Å²) in [6.45, 7) is 7.34. The van der Waals surface area contributed by atoms with Crippen molar-refractivity contribution in [1.29, 1.82) is 0 Å². The van der Waals surface area contributed by atoms with E-state index in [-0.39, 0.29) is 23.9 Å². The highest BCUT2D eigenvalue weighted by Gasteiger charge is 2.51. The number of ether oxygens (including phenoxy) is 1. The largest absolute Gasteiger partial charge is 0.379 e. The van der Waals surface area contributed by atoms with Crippen LogP contribution >= 0.6 is 23.2 Å². The molecule has 0 radical (unpaired) electrons. The lowest BCUT2D eigenvalue weighted by Crippen LogP contribution is -2.57. The Bertz CT molecular complexity index is 939. The highest BCUT2D eigenvalue weighted by molar-refractivity contribution is 6.30. The van der Waals surface area contributed by atoms with E-state index in [1.807, 2.05) is 48.5 Å². The van der Waals surface area contributed by atoms with Crippen LogP contribution < -0.4 is 0 Å². The van der Waals surface area contributed by atoms with Crippen molar-refractivity contribution < 1.29 is 9.53 Å². The fourth-order valence-corrected chi connectivity index (χ4v) is 5.56. The summed E-state index contributed by atoms with van der Waals surface area (Å²) in [5, 5.41) is 1.40. The average molecular weight is 458 g/mol. The first kappa shape index (κ1) is 22.4. The van der Waals surface area contributed by atoms with Crippen LogP contribution in [0.15, 0.2) is 61.2 Å². The Morgan fingerprint density at radius 2 is 1.94 bits per heavy atom. The molecule has 31 heavy (non-hydrogen) atoms. The van der Waals surface area contributed by atoms with Gasteiger partial charge in [0.25, 0.3) is 0 Å². The number of carbonyl (C=O) groups excluding carboxylic acids is 1. The molecule has 164 valence electrons. The van der Waals surface area contributed by atoms with Gasteiger partial charge in [-0.05, 0) is 61.1 Å². The van der Waals surface area contributed by atoms with Gasteiger partial charge in [0.15, 0.2) is 0 Å². The van der Waals surface area contributed by atoms with E-state index in [1.165, 1.54) is 0 Å². The van der Waals surface area contributed by atoms with Gasteiger partial charge in [-0.15, -0.1) is 6.58 Å². The van der Waals surface area contributed by atoms with Crippen molar-refractivity contribution in [3.05, 3.63) is 82.4 Å². The molecule has 0 N–H and O–H groups in total. The first-order valence-corrected chi connectivity index (χ1v) is 11.7. The molecular weight excluding hydrogens is 429 g/mol. The number of piperidine rings is 1. The van der Waals surface area contributed by atoms with Crippen LogP contribution in [0.5, 0.6) is 0 Å². The highest BCUT2D eigenvalue weighted by Crippen LogP contribution is 2.52. The minimum Gasteiger partial charge on any atom is -0.379 e. The standard InChI is InChI=1S/C26H29Cl2NO2/c1-3-13-26(2)16-23(19-6-4-7-21(28)15-19)24(18-9-11-20(27)12-10-18)29(25(26)30)22-8-5-14-31-17-22/h3-4,6-7,9-12,15,22-24H,1,5,8,13-14,16-17H2,2H3/t22?,23-,24-,26?/m1/s1. The maximum atomic E-state index is 14.0. The number of halogens is 2. The fraction of sp³-hybridized carbons (Fsp3) is 0.423. The van der Waals surface area contributed by atoms with Crippen LogP contribution in [-0.4, -0.2) is 30.1 Å². The van der Waals surface area contributed by atoms with Crippen molar-refractivity contribution in [3.63, 3.8) is 0 Å². The lowest BCUT2D eigenvalue weighted by Gasteiger charge is -2.52. The summed E-state index contributed by atoms with van der Waals surface area (Å²) in [6, 6.07) is 15.9. The van der Waals surface area contributed by atoms with Gasteiger partial charge in [-0.2, -0.15) is 0 Å². The third-order valence-corrected chi connectivity index (χ3v) is 7.20. The quantitative estimate of drug-likeness (QED) is 0.461. The Labute approximate surface area is 195 Å². The van der Waals surface area contributed by atoms with Crippen LogP contribution in [0, 0.1) is 5.41 Å². The van der Waals surface area contributed by atoms with Gasteiger partial charge < -0.3 is 9.64 Å². The van der Waals surface area contributed by atoms with Crippen molar-refractivity contribution in [2.24, 2.45) is 5.41 Å². The summed E-state index contributed by atoms with van der Waals surface area (Å²) < 4.78 is 5.82. The number of allylic oxidation sites excluding steroid dienone is 1. The lowest BCUT2D eigenvalue weighted by molar-refractivity contribution is -0.158. The van der Waals surface area contributed by atoms with Gasteiger partial charge in [0.05, 0.1) is 24.1 Å². The van der Waals surface area contributed by atoms with Crippen molar-refractivity contribution in [2.75, 3.05) is 13.2 Å². The molecule has 2 aliphatic rings. The smallest absolute Gasteiger partial charge is 0.229 e. The number of hydrogen-bond donors (Lipinski definition) is 0. The number of likely N-dealkylation sites (tertiary alicyclic amines) is 1. The van der Waals surface area contributed by atoms with Crippen molar-refractivity contribution >= 4 is 29.1 Å². The zero-order valence-electron chi connectivity index (χ0n) is 17.9. The van der Waals surface area contributed by atoms with Gasteiger partial charge in [-0.1, -0.05) is 60.5 Å². The van der Waals surface area contributed by atoms with E-state index in [4.69, 9.17) is 27.9 Å². The molecule has 2 aliphatic heterocycles. The summed E-state index contributed by atoms with van der Waals surface area (Å²) in [4.78, 5) is 16.1. The van der Waals surface area contributed by atoms with E-state index in [1.54, 1.807) is 0 Å². The molecule has 4 rings (SSSR count). The second-order valence-corrected chi connectivity index (χ2v) is 9.87. The predicted molar refractivity (Wildman–Crippen MR) is 127 cm³/mol. The minimum atomic E-state index is -0.519. The van der Waals surface area contributed by atoms with E-state index >= 15 is 0 Å². The van der Waals surface area contributed by atoms with E-state index in [0.717, 1.165) is 37.0 Å². The molecule has 0 aliphatic carbocycles. The Balaban J connectivity index is 1.87. The molecule has 5 heteroatoms. The van der Waals surface area contributed by atoms with Crippen LogP contribution in [0.1, 0.15) is 55.7 Å². The van der Waals surface area contributed by atoms with Crippen LogP contribution in [0.2, 0.25) is 10.0 Å². The van der Waals surface area contributed by atoms with Crippen LogP contribution in [-0.2, 0) is 9.53 Å². The third kappa shape index (κ3) is 4.55. The van der Waals surface area contributed by atoms with Gasteiger partial charge in [0, 0.05) is 22.6 Å². The maximum Gasteiger partial charge on any atom is 0.229 e. The molecule has 2 aromatic carbocycles. The molecule has 4 atom stereocenters.